The lowest BCUT2D eigenvalue weighted by molar-refractivity contribution is -0.139. The Morgan fingerprint density at radius 3 is 2.11 bits per heavy atom. The molecule has 2 atom stereocenters. The summed E-state index contributed by atoms with van der Waals surface area (Å²) in [7, 11) is -4.10. The molecule has 0 radical (unpaired) electrons. The number of carbonyl (C=O) groups is 2. The van der Waals surface area contributed by atoms with Crippen molar-refractivity contribution in [2.24, 2.45) is 0 Å². The number of hydrogen-bond acceptors (Lipinski definition) is 4. The lowest BCUT2D eigenvalue weighted by atomic mass is 10.1. The van der Waals surface area contributed by atoms with E-state index in [1.54, 1.807) is 49.4 Å². The predicted octanol–water partition coefficient (Wildman–Crippen LogP) is 5.18. The number of rotatable bonds is 11. The van der Waals surface area contributed by atoms with Crippen LogP contribution in [0, 0.1) is 6.92 Å². The van der Waals surface area contributed by atoms with Gasteiger partial charge in [0.05, 0.1) is 10.6 Å². The second kappa shape index (κ2) is 12.9. The fourth-order valence-electron chi connectivity index (χ4n) is 3.79. The average Bonchev–Trinajstić information content (AvgIpc) is 2.91. The first-order valence-corrected chi connectivity index (χ1v) is 14.3. The van der Waals surface area contributed by atoms with Crippen LogP contribution in [0.3, 0.4) is 0 Å². The van der Waals surface area contributed by atoms with Crippen molar-refractivity contribution >= 4 is 39.1 Å². The fraction of sp³-hybridized carbons (Fsp3) is 0.310. The molecule has 202 valence electrons. The van der Waals surface area contributed by atoms with E-state index >= 15 is 0 Å². The molecule has 38 heavy (non-hydrogen) atoms. The molecular formula is C29H34ClN3O4S. The van der Waals surface area contributed by atoms with E-state index in [1.165, 1.54) is 17.0 Å². The molecule has 1 N–H and O–H groups in total. The molecule has 7 nitrogen and oxygen atoms in total. The second-order valence-electron chi connectivity index (χ2n) is 9.30. The fourth-order valence-corrected chi connectivity index (χ4v) is 5.36. The summed E-state index contributed by atoms with van der Waals surface area (Å²) in [5, 5.41) is 3.37. The number of anilines is 1. The van der Waals surface area contributed by atoms with Gasteiger partial charge in [-0.25, -0.2) is 8.42 Å². The van der Waals surface area contributed by atoms with E-state index in [1.807, 2.05) is 45.0 Å². The molecule has 0 fully saturated rings. The van der Waals surface area contributed by atoms with Gasteiger partial charge in [-0.1, -0.05) is 66.6 Å². The average molecular weight is 556 g/mol. The van der Waals surface area contributed by atoms with Gasteiger partial charge in [-0.15, -0.1) is 0 Å². The Kier molecular flexibility index (Phi) is 9.94. The molecule has 9 heteroatoms. The summed E-state index contributed by atoms with van der Waals surface area (Å²) in [6, 6.07) is 20.9. The molecule has 0 saturated heterocycles. The number of amides is 2. The van der Waals surface area contributed by atoms with Gasteiger partial charge in [-0.2, -0.15) is 0 Å². The van der Waals surface area contributed by atoms with Gasteiger partial charge < -0.3 is 10.2 Å². The summed E-state index contributed by atoms with van der Waals surface area (Å²) in [5.41, 5.74) is 2.19. The number of halogens is 1. The molecule has 2 unspecified atom stereocenters. The Balaban J connectivity index is 2.00. The molecule has 0 saturated carbocycles. The molecule has 0 aromatic heterocycles. The first-order chi connectivity index (χ1) is 18.0. The summed E-state index contributed by atoms with van der Waals surface area (Å²) in [5.74, 6) is -0.810. The number of aryl methyl sites for hydroxylation is 1. The smallest absolute Gasteiger partial charge is 0.264 e. The molecule has 2 amide bonds. The van der Waals surface area contributed by atoms with Gasteiger partial charge in [-0.05, 0) is 69.2 Å². The lowest BCUT2D eigenvalue weighted by Gasteiger charge is -2.32. The van der Waals surface area contributed by atoms with Crippen LogP contribution in [0.15, 0.2) is 83.8 Å². The van der Waals surface area contributed by atoms with E-state index in [4.69, 9.17) is 11.6 Å². The maximum Gasteiger partial charge on any atom is 0.264 e. The van der Waals surface area contributed by atoms with E-state index in [0.29, 0.717) is 10.7 Å². The lowest BCUT2D eigenvalue weighted by Crippen LogP contribution is -2.52. The summed E-state index contributed by atoms with van der Waals surface area (Å²) in [4.78, 5) is 28.4. The Bertz CT molecular complexity index is 1330. The third-order valence-electron chi connectivity index (χ3n) is 6.37. The highest BCUT2D eigenvalue weighted by Crippen LogP contribution is 2.26. The van der Waals surface area contributed by atoms with E-state index in [9.17, 15) is 18.0 Å². The zero-order valence-corrected chi connectivity index (χ0v) is 23.7. The summed E-state index contributed by atoms with van der Waals surface area (Å²) < 4.78 is 28.5. The minimum absolute atomic E-state index is 0.0513. The number of nitrogens with one attached hydrogen (secondary N) is 1. The maximum absolute atomic E-state index is 13.9. The van der Waals surface area contributed by atoms with Crippen molar-refractivity contribution in [3.63, 3.8) is 0 Å². The number of benzene rings is 3. The molecule has 0 aliphatic heterocycles. The predicted molar refractivity (Wildman–Crippen MR) is 152 cm³/mol. The molecule has 0 aliphatic carbocycles. The summed E-state index contributed by atoms with van der Waals surface area (Å²) in [6.45, 7) is 7.13. The Morgan fingerprint density at radius 1 is 0.921 bits per heavy atom. The van der Waals surface area contributed by atoms with Crippen molar-refractivity contribution in [2.45, 2.75) is 57.6 Å². The number of hydrogen-bond donors (Lipinski definition) is 1. The van der Waals surface area contributed by atoms with E-state index < -0.39 is 28.5 Å². The molecule has 3 aromatic rings. The van der Waals surface area contributed by atoms with E-state index in [-0.39, 0.29) is 23.4 Å². The zero-order chi connectivity index (χ0) is 27.9. The SMILES string of the molecule is CCC(C)NC(=O)C(C)N(Cc1ccc(C)cc1)C(=O)CN(c1ccc(Cl)cc1)S(=O)(=O)c1ccccc1. The molecule has 0 spiro atoms. The Labute approximate surface area is 230 Å². The quantitative estimate of drug-likeness (QED) is 0.353. The van der Waals surface area contributed by atoms with Gasteiger partial charge in [0.15, 0.2) is 0 Å². The van der Waals surface area contributed by atoms with Crippen molar-refractivity contribution in [1.29, 1.82) is 0 Å². The van der Waals surface area contributed by atoms with Gasteiger partial charge in [0.1, 0.15) is 12.6 Å². The van der Waals surface area contributed by atoms with Crippen LogP contribution in [0.5, 0.6) is 0 Å². The van der Waals surface area contributed by atoms with Crippen molar-refractivity contribution in [3.05, 3.63) is 95.0 Å². The van der Waals surface area contributed by atoms with E-state index in [2.05, 4.69) is 5.32 Å². The van der Waals surface area contributed by atoms with Crippen LogP contribution in [0.4, 0.5) is 5.69 Å². The number of carbonyl (C=O) groups excluding carboxylic acids is 2. The number of nitrogens with zero attached hydrogens (tertiary/aromatic N) is 2. The zero-order valence-electron chi connectivity index (χ0n) is 22.1. The van der Waals surface area contributed by atoms with Crippen molar-refractivity contribution in [1.82, 2.24) is 10.2 Å². The number of sulfonamides is 1. The Hall–Kier alpha value is -3.36. The normalized spacial score (nSPS) is 12.9. The van der Waals surface area contributed by atoms with Crippen LogP contribution < -0.4 is 9.62 Å². The third-order valence-corrected chi connectivity index (χ3v) is 8.41. The van der Waals surface area contributed by atoms with Gasteiger partial charge in [0.25, 0.3) is 10.0 Å². The van der Waals surface area contributed by atoms with Crippen molar-refractivity contribution < 1.29 is 18.0 Å². The van der Waals surface area contributed by atoms with Crippen LogP contribution in [0.2, 0.25) is 5.02 Å². The van der Waals surface area contributed by atoms with Crippen molar-refractivity contribution in [3.8, 4) is 0 Å². The van der Waals surface area contributed by atoms with Gasteiger partial charge in [-0.3, -0.25) is 13.9 Å². The van der Waals surface area contributed by atoms with Gasteiger partial charge in [0.2, 0.25) is 11.8 Å². The molecule has 0 bridgehead atoms. The summed E-state index contributed by atoms with van der Waals surface area (Å²) >= 11 is 6.05. The second-order valence-corrected chi connectivity index (χ2v) is 11.6. The molecule has 3 aromatic carbocycles. The Morgan fingerprint density at radius 2 is 1.53 bits per heavy atom. The van der Waals surface area contributed by atoms with Crippen LogP contribution in [0.1, 0.15) is 38.3 Å². The molecule has 3 rings (SSSR count). The molecule has 0 heterocycles. The van der Waals surface area contributed by atoms with Crippen LogP contribution >= 0.6 is 11.6 Å². The maximum atomic E-state index is 13.9. The minimum Gasteiger partial charge on any atom is -0.352 e. The molecular weight excluding hydrogens is 522 g/mol. The third kappa shape index (κ3) is 7.36. The highest BCUT2D eigenvalue weighted by atomic mass is 35.5. The van der Waals surface area contributed by atoms with Crippen LogP contribution in [0.25, 0.3) is 0 Å². The first kappa shape index (κ1) is 29.2. The standard InChI is InChI=1S/C29H34ClN3O4S/c1-5-22(3)31-29(35)23(4)32(19-24-13-11-21(2)12-14-24)28(34)20-33(26-17-15-25(30)16-18-26)38(36,37)27-9-7-6-8-10-27/h6-18,22-23H,5,19-20H2,1-4H3,(H,31,35). The first-order valence-electron chi connectivity index (χ1n) is 12.5. The minimum atomic E-state index is -4.10. The molecule has 0 aliphatic rings. The van der Waals surface area contributed by atoms with Gasteiger partial charge in [0, 0.05) is 17.6 Å². The highest BCUT2D eigenvalue weighted by Gasteiger charge is 2.32. The monoisotopic (exact) mass is 555 g/mol. The largest absolute Gasteiger partial charge is 0.352 e. The van der Waals surface area contributed by atoms with Gasteiger partial charge >= 0.3 is 0 Å². The van der Waals surface area contributed by atoms with Crippen LogP contribution in [-0.2, 0) is 26.2 Å². The van der Waals surface area contributed by atoms with E-state index in [0.717, 1.165) is 21.9 Å². The topological polar surface area (TPSA) is 86.8 Å². The van der Waals surface area contributed by atoms with Crippen molar-refractivity contribution in [2.75, 3.05) is 10.8 Å². The van der Waals surface area contributed by atoms with Crippen LogP contribution in [-0.4, -0.2) is 43.8 Å². The summed E-state index contributed by atoms with van der Waals surface area (Å²) in [6.07, 6.45) is 0.740. The highest BCUT2D eigenvalue weighted by molar-refractivity contribution is 7.92.